The average Bonchev–Trinajstić information content (AvgIpc) is 4.05. The number of nitrogens with one attached hydrogen (secondary N) is 1. The number of oxazole rings is 1. The minimum Gasteiger partial charge on any atom is -0.452 e. The number of amides is 1. The number of fused-ring (bicyclic) bond motifs is 1. The van der Waals surface area contributed by atoms with Gasteiger partial charge in [0.05, 0.1) is 37.7 Å². The second kappa shape index (κ2) is 19.5. The zero-order valence-corrected chi connectivity index (χ0v) is 35.3. The average molecular weight is 944 g/mol. The van der Waals surface area contributed by atoms with Crippen molar-refractivity contribution in [1.82, 2.24) is 39.4 Å². The van der Waals surface area contributed by atoms with Gasteiger partial charge in [-0.05, 0) is 36.8 Å². The van der Waals surface area contributed by atoms with Crippen molar-refractivity contribution in [2.75, 3.05) is 24.7 Å². The van der Waals surface area contributed by atoms with Gasteiger partial charge in [-0.1, -0.05) is 6.08 Å². The van der Waals surface area contributed by atoms with Crippen LogP contribution in [0.5, 0.6) is 0 Å². The van der Waals surface area contributed by atoms with E-state index in [4.69, 9.17) is 39.1 Å². The number of anilines is 2. The molecule has 7 rings (SSSR count). The van der Waals surface area contributed by atoms with E-state index in [-0.39, 0.29) is 70.9 Å². The summed E-state index contributed by atoms with van der Waals surface area (Å²) in [6, 6.07) is 9.11. The van der Waals surface area contributed by atoms with E-state index in [2.05, 4.69) is 41.3 Å². The minimum atomic E-state index is -5.27. The molecule has 8 atom stereocenters. The second-order valence-corrected chi connectivity index (χ2v) is 16.8. The zero-order valence-electron chi connectivity index (χ0n) is 33.5. The van der Waals surface area contributed by atoms with E-state index in [1.165, 1.54) is 47.4 Å². The fourth-order valence-corrected chi connectivity index (χ4v) is 8.05. The number of hydrogen-bond donors (Lipinski definition) is 7. The molecule has 4 aromatic heterocycles. The van der Waals surface area contributed by atoms with E-state index in [9.17, 15) is 48.6 Å². The molecule has 9 N–H and O–H groups in total. The molecule has 0 radical (unpaired) electrons. The monoisotopic (exact) mass is 943 g/mol. The van der Waals surface area contributed by atoms with Gasteiger partial charge in [-0.2, -0.15) is 10.2 Å². The first-order valence-electron chi connectivity index (χ1n) is 19.1. The van der Waals surface area contributed by atoms with Crippen LogP contribution in [-0.2, 0) is 48.3 Å². The third-order valence-electron chi connectivity index (χ3n) is 9.79. The van der Waals surface area contributed by atoms with Gasteiger partial charge in [-0.25, -0.2) is 38.7 Å². The summed E-state index contributed by atoms with van der Waals surface area (Å²) in [5.41, 5.74) is 11.0. The van der Waals surface area contributed by atoms with Crippen molar-refractivity contribution in [2.24, 2.45) is 0 Å². The van der Waals surface area contributed by atoms with Crippen molar-refractivity contribution in [3.63, 3.8) is 0 Å². The van der Waals surface area contributed by atoms with Crippen LogP contribution in [0.2, 0.25) is 0 Å². The highest BCUT2D eigenvalue weighted by molar-refractivity contribution is 7.47. The van der Waals surface area contributed by atoms with E-state index in [1.807, 2.05) is 6.07 Å². The number of nitrogens with two attached hydrogens (primary N) is 2. The Morgan fingerprint density at radius 3 is 2.49 bits per heavy atom. The van der Waals surface area contributed by atoms with E-state index < -0.39 is 89.2 Å². The van der Waals surface area contributed by atoms with Crippen molar-refractivity contribution in [3.8, 4) is 17.4 Å². The Hall–Kier alpha value is -6.27. The number of hydrogen-bond acceptors (Lipinski definition) is 21. The van der Waals surface area contributed by atoms with E-state index in [1.54, 1.807) is 6.08 Å². The molecule has 6 heterocycles. The molecule has 1 aromatic carbocycles. The fraction of sp³-hybridized carbons (Fsp3) is 0.361. The van der Waals surface area contributed by atoms with Gasteiger partial charge >= 0.3 is 27.3 Å². The van der Waals surface area contributed by atoms with Crippen LogP contribution in [0, 0.1) is 11.3 Å². The highest BCUT2D eigenvalue weighted by atomic mass is 31.2. The predicted octanol–water partition coefficient (Wildman–Crippen LogP) is 0.740. The van der Waals surface area contributed by atoms with Crippen molar-refractivity contribution in [1.29, 1.82) is 5.26 Å². The molecule has 65 heavy (non-hydrogen) atoms. The summed E-state index contributed by atoms with van der Waals surface area (Å²) in [5, 5.41) is 23.7. The fourth-order valence-electron chi connectivity index (χ4n) is 6.75. The molecule has 0 spiro atoms. The van der Waals surface area contributed by atoms with Crippen LogP contribution in [0.3, 0.4) is 0 Å². The van der Waals surface area contributed by atoms with Crippen molar-refractivity contribution in [3.05, 3.63) is 89.5 Å². The number of carbonyl (C=O) groups is 2. The first-order valence-corrected chi connectivity index (χ1v) is 22.2. The lowest BCUT2D eigenvalue weighted by Gasteiger charge is -2.23. The standard InChI is InChI=1S/C36H39N11O16P2/c1-2-3-4-24(48)40-13-25-45-27(30(61-25)19-7-5-18(12-37)6-8-19)35(50)62-31-22(60-34(29(31)49)47-17-43-28-32(39)41-16-42-33(28)47)15-58-65(55,56)63-20-11-26(46-10-9-23(38)44-36(46)51)59-21(20)14-57-64(52,53)54/h2,5-10,16-17,20-22,26,29,31,34,49H,1,3-4,11,13-15H2,(H,40,48)(H,55,56)(H2,38,44,51)(H2,39,41,42)(H2,52,53,54)/t20?,21-,22-,26-,29?,31?,34-/m1/s1. The summed E-state index contributed by atoms with van der Waals surface area (Å²) in [4.78, 5) is 88.8. The number of esters is 1. The maximum absolute atomic E-state index is 14.1. The number of aliphatic hydroxyl groups excluding tert-OH is 1. The lowest BCUT2D eigenvalue weighted by atomic mass is 10.1. The van der Waals surface area contributed by atoms with Crippen LogP contribution in [0.25, 0.3) is 22.5 Å². The highest BCUT2D eigenvalue weighted by Gasteiger charge is 2.50. The lowest BCUT2D eigenvalue weighted by Crippen LogP contribution is -2.38. The first-order chi connectivity index (χ1) is 30.9. The SMILES string of the molecule is C=CCCC(=O)NCc1nc(C(=O)OC2C(O)[C@H](n3cnc4c(N)ncnc43)O[C@@H]2COP(=O)(O)OC2C[C@H](n3ccc(N)nc3=O)O[C@@H]2COP(=O)(O)O)c(-c2ccc(C#N)cc2)o1. The second-order valence-electron chi connectivity index (χ2n) is 14.2. The number of nitrogen functional groups attached to an aromatic ring is 2. The molecular formula is C36H39N11O16P2. The van der Waals surface area contributed by atoms with Crippen molar-refractivity contribution < 1.29 is 70.7 Å². The summed E-state index contributed by atoms with van der Waals surface area (Å²) in [6.07, 6.45) is -5.55. The molecule has 0 bridgehead atoms. The molecule has 2 aliphatic rings. The molecule has 344 valence electrons. The Morgan fingerprint density at radius 2 is 1.78 bits per heavy atom. The Bertz CT molecular complexity index is 2770. The molecule has 0 aliphatic carbocycles. The molecule has 2 aliphatic heterocycles. The summed E-state index contributed by atoms with van der Waals surface area (Å²) < 4.78 is 66.2. The molecule has 29 heteroatoms. The number of ether oxygens (including phenoxy) is 3. The van der Waals surface area contributed by atoms with Gasteiger partial charge in [0.25, 0.3) is 0 Å². The maximum atomic E-state index is 14.1. The number of carbonyl (C=O) groups excluding carboxylic acids is 2. The number of nitrogens with zero attached hydrogens (tertiary/aromatic N) is 8. The van der Waals surface area contributed by atoms with E-state index >= 15 is 0 Å². The Balaban J connectivity index is 1.15. The number of aromatic nitrogens is 7. The molecular weight excluding hydrogens is 904 g/mol. The number of aliphatic hydroxyl groups is 1. The Kier molecular flexibility index (Phi) is 14.0. The predicted molar refractivity (Wildman–Crippen MR) is 217 cm³/mol. The van der Waals surface area contributed by atoms with Crippen LogP contribution < -0.4 is 22.5 Å². The largest absolute Gasteiger partial charge is 0.472 e. The number of rotatable bonds is 18. The van der Waals surface area contributed by atoms with Gasteiger partial charge < -0.3 is 55.2 Å². The smallest absolute Gasteiger partial charge is 0.452 e. The third-order valence-corrected chi connectivity index (χ3v) is 11.3. The van der Waals surface area contributed by atoms with E-state index in [0.29, 0.717) is 6.42 Å². The first kappa shape index (κ1) is 46.7. The lowest BCUT2D eigenvalue weighted by molar-refractivity contribution is -0.121. The summed E-state index contributed by atoms with van der Waals surface area (Å²) in [7, 11) is -10.4. The van der Waals surface area contributed by atoms with Gasteiger partial charge in [0, 0.05) is 24.6 Å². The van der Waals surface area contributed by atoms with Gasteiger partial charge in [-0.15, -0.1) is 6.58 Å². The van der Waals surface area contributed by atoms with Gasteiger partial charge in [0.1, 0.15) is 48.3 Å². The van der Waals surface area contributed by atoms with Crippen LogP contribution in [0.1, 0.15) is 53.7 Å². The molecule has 5 aromatic rings. The molecule has 2 saturated heterocycles. The van der Waals surface area contributed by atoms with Gasteiger partial charge in [0.15, 0.2) is 35.3 Å². The number of allylic oxidation sites excluding steroid dienone is 1. The number of benzene rings is 1. The summed E-state index contributed by atoms with van der Waals surface area (Å²) >= 11 is 0. The molecule has 1 amide bonds. The van der Waals surface area contributed by atoms with E-state index in [0.717, 1.165) is 10.9 Å². The normalized spacial score (nSPS) is 22.9. The quantitative estimate of drug-likeness (QED) is 0.0362. The van der Waals surface area contributed by atoms with Crippen LogP contribution in [0.4, 0.5) is 11.6 Å². The van der Waals surface area contributed by atoms with Crippen LogP contribution in [-0.4, -0.2) is 109 Å². The molecule has 2 fully saturated rings. The number of imidazole rings is 1. The summed E-state index contributed by atoms with van der Waals surface area (Å²) in [5.74, 6) is -1.96. The van der Waals surface area contributed by atoms with Crippen LogP contribution in [0.15, 0.2) is 71.0 Å². The van der Waals surface area contributed by atoms with Crippen molar-refractivity contribution in [2.45, 2.75) is 68.8 Å². The zero-order chi connectivity index (χ0) is 46.6. The number of nitriles is 1. The summed E-state index contributed by atoms with van der Waals surface area (Å²) in [6.45, 7) is 1.53. The molecule has 27 nitrogen and oxygen atoms in total. The van der Waals surface area contributed by atoms with Crippen LogP contribution >= 0.6 is 15.6 Å². The third kappa shape index (κ3) is 11.0. The number of phosphoric ester groups is 2. The topological polar surface area (TPSA) is 397 Å². The van der Waals surface area contributed by atoms with Gasteiger partial charge in [-0.3, -0.25) is 27.5 Å². The highest BCUT2D eigenvalue weighted by Crippen LogP contribution is 2.50. The van der Waals surface area contributed by atoms with Crippen molar-refractivity contribution >= 4 is 50.3 Å². The molecule has 0 saturated carbocycles. The molecule has 4 unspecified atom stereocenters. The number of phosphoric acid groups is 2. The Morgan fingerprint density at radius 1 is 1.03 bits per heavy atom. The Labute approximate surface area is 365 Å². The van der Waals surface area contributed by atoms with Gasteiger partial charge in [0.2, 0.25) is 11.8 Å². The maximum Gasteiger partial charge on any atom is 0.472 e. The minimum absolute atomic E-state index is 0.0170.